The van der Waals surface area contributed by atoms with Gasteiger partial charge in [-0.3, -0.25) is 9.20 Å². The Morgan fingerprint density at radius 1 is 1.29 bits per heavy atom. The highest BCUT2D eigenvalue weighted by Crippen LogP contribution is 2.22. The van der Waals surface area contributed by atoms with E-state index in [1.807, 2.05) is 6.07 Å². The molecule has 0 atom stereocenters. The summed E-state index contributed by atoms with van der Waals surface area (Å²) in [5.41, 5.74) is 1.84. The molecule has 24 heavy (non-hydrogen) atoms. The van der Waals surface area contributed by atoms with Gasteiger partial charge in [-0.2, -0.15) is 0 Å². The van der Waals surface area contributed by atoms with Crippen LogP contribution in [0.25, 0.3) is 5.65 Å². The molecule has 2 heterocycles. The van der Waals surface area contributed by atoms with Crippen LogP contribution in [-0.4, -0.2) is 26.4 Å². The number of aryl methyl sites for hydroxylation is 1. The van der Waals surface area contributed by atoms with Gasteiger partial charge in [0.05, 0.1) is 16.3 Å². The van der Waals surface area contributed by atoms with E-state index in [2.05, 4.69) is 26.2 Å². The number of aromatic carboxylic acids is 1. The first-order valence-electron chi connectivity index (χ1n) is 6.85. The smallest absolute Gasteiger partial charge is 0.337 e. The van der Waals surface area contributed by atoms with E-state index < -0.39 is 11.9 Å². The van der Waals surface area contributed by atoms with Crippen LogP contribution in [0, 0.1) is 6.92 Å². The molecular formula is C16H11BrClN3O3. The van der Waals surface area contributed by atoms with Crippen LogP contribution in [0.1, 0.15) is 26.5 Å². The van der Waals surface area contributed by atoms with Crippen LogP contribution in [0.4, 0.5) is 5.69 Å². The maximum Gasteiger partial charge on any atom is 0.337 e. The lowest BCUT2D eigenvalue weighted by Gasteiger charge is -2.08. The predicted molar refractivity (Wildman–Crippen MR) is 94.0 cm³/mol. The van der Waals surface area contributed by atoms with Gasteiger partial charge in [0.1, 0.15) is 11.3 Å². The molecule has 2 N–H and O–H groups in total. The highest BCUT2D eigenvalue weighted by molar-refractivity contribution is 9.10. The number of carbonyl (C=O) groups is 2. The number of carbonyl (C=O) groups excluding carboxylic acids is 1. The lowest BCUT2D eigenvalue weighted by molar-refractivity contribution is 0.0696. The molecule has 0 saturated carbocycles. The zero-order valence-electron chi connectivity index (χ0n) is 12.4. The number of imidazole rings is 1. The number of carboxylic acid groups (broad SMARTS) is 1. The quantitative estimate of drug-likeness (QED) is 0.686. The topological polar surface area (TPSA) is 83.7 Å². The van der Waals surface area contributed by atoms with Gasteiger partial charge in [0.2, 0.25) is 0 Å². The Kier molecular flexibility index (Phi) is 4.29. The second-order valence-electron chi connectivity index (χ2n) is 5.08. The summed E-state index contributed by atoms with van der Waals surface area (Å²) in [5, 5.41) is 11.9. The Morgan fingerprint density at radius 2 is 2.04 bits per heavy atom. The number of pyridine rings is 1. The van der Waals surface area contributed by atoms with Crippen molar-refractivity contribution in [1.82, 2.24) is 9.38 Å². The number of nitrogens with zero attached hydrogens (tertiary/aromatic N) is 2. The van der Waals surface area contributed by atoms with Crippen LogP contribution >= 0.6 is 27.5 Å². The van der Waals surface area contributed by atoms with Crippen LogP contribution in [0.3, 0.4) is 0 Å². The fourth-order valence-electron chi connectivity index (χ4n) is 2.37. The van der Waals surface area contributed by atoms with Crippen LogP contribution in [0.15, 0.2) is 41.0 Å². The molecule has 0 unspecified atom stereocenters. The Morgan fingerprint density at radius 3 is 2.75 bits per heavy atom. The molecule has 1 aromatic carbocycles. The monoisotopic (exact) mass is 407 g/mol. The van der Waals surface area contributed by atoms with Crippen molar-refractivity contribution in [3.05, 3.63) is 63.0 Å². The predicted octanol–water partition coefficient (Wildman–Crippen LogP) is 4.01. The molecule has 0 aliphatic heterocycles. The molecular weight excluding hydrogens is 398 g/mol. The number of hydrogen-bond donors (Lipinski definition) is 2. The van der Waals surface area contributed by atoms with Crippen LogP contribution in [0.5, 0.6) is 0 Å². The largest absolute Gasteiger partial charge is 0.478 e. The van der Waals surface area contributed by atoms with E-state index in [1.165, 1.54) is 12.1 Å². The van der Waals surface area contributed by atoms with E-state index in [4.69, 9.17) is 16.7 Å². The molecule has 3 rings (SSSR count). The van der Waals surface area contributed by atoms with Gasteiger partial charge in [-0.15, -0.1) is 0 Å². The van der Waals surface area contributed by atoms with E-state index in [9.17, 15) is 9.59 Å². The molecule has 0 saturated heterocycles. The number of hydrogen-bond acceptors (Lipinski definition) is 3. The van der Waals surface area contributed by atoms with E-state index in [0.29, 0.717) is 22.7 Å². The van der Waals surface area contributed by atoms with Gasteiger partial charge in [-0.05, 0) is 53.2 Å². The molecule has 0 fully saturated rings. The summed E-state index contributed by atoms with van der Waals surface area (Å²) in [4.78, 5) is 28.1. The van der Waals surface area contributed by atoms with Crippen molar-refractivity contribution in [2.75, 3.05) is 5.32 Å². The van der Waals surface area contributed by atoms with Crippen molar-refractivity contribution in [1.29, 1.82) is 0 Å². The molecule has 0 aliphatic rings. The summed E-state index contributed by atoms with van der Waals surface area (Å²) in [7, 11) is 0. The lowest BCUT2D eigenvalue weighted by Crippen LogP contribution is -2.16. The number of amides is 1. The SMILES string of the molecule is Cc1nc2ccc(Br)cn2c1C(=O)Nc1ccc(Cl)c(C(=O)O)c1. The van der Waals surface area contributed by atoms with Crippen molar-refractivity contribution in [3.8, 4) is 0 Å². The van der Waals surface area contributed by atoms with Gasteiger partial charge in [0, 0.05) is 16.4 Å². The summed E-state index contributed by atoms with van der Waals surface area (Å²) in [6, 6.07) is 7.91. The van der Waals surface area contributed by atoms with E-state index in [0.717, 1.165) is 4.47 Å². The molecule has 122 valence electrons. The minimum Gasteiger partial charge on any atom is -0.478 e. The standard InChI is InChI=1S/C16H11BrClN3O3/c1-8-14(21-7-9(17)2-5-13(21)19-8)15(22)20-10-3-4-12(18)11(6-10)16(23)24/h2-7H,1H3,(H,20,22)(H,23,24). The van der Waals surface area contributed by atoms with Crippen LogP contribution in [-0.2, 0) is 0 Å². The van der Waals surface area contributed by atoms with Gasteiger partial charge >= 0.3 is 5.97 Å². The number of aromatic nitrogens is 2. The summed E-state index contributed by atoms with van der Waals surface area (Å²) < 4.78 is 2.48. The minimum absolute atomic E-state index is 0.0768. The molecule has 0 aliphatic carbocycles. The molecule has 0 radical (unpaired) electrons. The number of benzene rings is 1. The fourth-order valence-corrected chi connectivity index (χ4v) is 2.90. The van der Waals surface area contributed by atoms with Gasteiger partial charge < -0.3 is 10.4 Å². The zero-order valence-corrected chi connectivity index (χ0v) is 14.7. The summed E-state index contributed by atoms with van der Waals surface area (Å²) in [5.74, 6) is -1.55. The maximum atomic E-state index is 12.6. The Balaban J connectivity index is 1.99. The second kappa shape index (κ2) is 6.26. The van der Waals surface area contributed by atoms with Crippen LogP contribution in [0.2, 0.25) is 5.02 Å². The third-order valence-corrected chi connectivity index (χ3v) is 4.23. The summed E-state index contributed by atoms with van der Waals surface area (Å²) in [6.07, 6.45) is 1.74. The maximum absolute atomic E-state index is 12.6. The number of nitrogens with one attached hydrogen (secondary N) is 1. The van der Waals surface area contributed by atoms with Crippen LogP contribution < -0.4 is 5.32 Å². The molecule has 8 heteroatoms. The number of halogens is 2. The molecule has 3 aromatic rings. The van der Waals surface area contributed by atoms with E-state index >= 15 is 0 Å². The van der Waals surface area contributed by atoms with E-state index in [-0.39, 0.29) is 10.6 Å². The number of anilines is 1. The van der Waals surface area contributed by atoms with Gasteiger partial charge in [-0.1, -0.05) is 11.6 Å². The van der Waals surface area contributed by atoms with Gasteiger partial charge in [-0.25, -0.2) is 9.78 Å². The average molecular weight is 409 g/mol. The first-order chi connectivity index (χ1) is 11.4. The third-order valence-electron chi connectivity index (χ3n) is 3.43. The number of rotatable bonds is 3. The summed E-state index contributed by atoms with van der Waals surface area (Å²) in [6.45, 7) is 1.74. The second-order valence-corrected chi connectivity index (χ2v) is 6.40. The molecule has 6 nitrogen and oxygen atoms in total. The third kappa shape index (κ3) is 3.00. The Hall–Kier alpha value is -2.38. The Bertz CT molecular complexity index is 984. The first-order valence-corrected chi connectivity index (χ1v) is 8.02. The minimum atomic E-state index is -1.16. The molecule has 1 amide bonds. The highest BCUT2D eigenvalue weighted by atomic mass is 79.9. The van der Waals surface area contributed by atoms with Gasteiger partial charge in [0.25, 0.3) is 5.91 Å². The van der Waals surface area contributed by atoms with Crippen molar-refractivity contribution >= 4 is 50.7 Å². The van der Waals surface area contributed by atoms with Crippen molar-refractivity contribution < 1.29 is 14.7 Å². The molecule has 0 spiro atoms. The number of fused-ring (bicyclic) bond motifs is 1. The van der Waals surface area contributed by atoms with Gasteiger partial charge in [0.15, 0.2) is 0 Å². The fraction of sp³-hybridized carbons (Fsp3) is 0.0625. The summed E-state index contributed by atoms with van der Waals surface area (Å²) >= 11 is 9.20. The van der Waals surface area contributed by atoms with Crippen molar-refractivity contribution in [2.45, 2.75) is 6.92 Å². The average Bonchev–Trinajstić information content (AvgIpc) is 2.84. The lowest BCUT2D eigenvalue weighted by atomic mass is 10.2. The molecule has 2 aromatic heterocycles. The molecule has 0 bridgehead atoms. The highest BCUT2D eigenvalue weighted by Gasteiger charge is 2.18. The van der Waals surface area contributed by atoms with Crippen molar-refractivity contribution in [3.63, 3.8) is 0 Å². The van der Waals surface area contributed by atoms with Crippen molar-refractivity contribution in [2.24, 2.45) is 0 Å². The zero-order chi connectivity index (χ0) is 17.4. The Labute approximate surface area is 150 Å². The first kappa shape index (κ1) is 16.5. The number of carboxylic acids is 1. The normalized spacial score (nSPS) is 10.8. The van der Waals surface area contributed by atoms with E-state index in [1.54, 1.807) is 29.7 Å².